The van der Waals surface area contributed by atoms with Crippen LogP contribution < -0.4 is 4.90 Å². The third-order valence-corrected chi connectivity index (χ3v) is 11.8. The van der Waals surface area contributed by atoms with Gasteiger partial charge in [0, 0.05) is 83.5 Å². The molecule has 53 heavy (non-hydrogen) atoms. The molecule has 0 radical (unpaired) electrons. The van der Waals surface area contributed by atoms with E-state index < -0.39 is 0 Å². The smallest absolute Gasteiger partial charge is 0.0479 e. The summed E-state index contributed by atoms with van der Waals surface area (Å²) in [6.45, 7) is 12.1. The van der Waals surface area contributed by atoms with E-state index in [0.717, 1.165) is 81.4 Å². The van der Waals surface area contributed by atoms with Gasteiger partial charge in [-0.15, -0.1) is 0 Å². The molecule has 0 aromatic heterocycles. The molecule has 0 amide bonds. The van der Waals surface area contributed by atoms with E-state index in [0.29, 0.717) is 19.8 Å². The molecule has 0 bridgehead atoms. The van der Waals surface area contributed by atoms with Crippen molar-refractivity contribution >= 4 is 67.7 Å². The Bertz CT molecular complexity index is 2140. The molecule has 0 N–H and O–H groups in total. The van der Waals surface area contributed by atoms with Gasteiger partial charge in [0.05, 0.1) is 0 Å². The van der Waals surface area contributed by atoms with Crippen molar-refractivity contribution < 1.29 is 9.47 Å². The van der Waals surface area contributed by atoms with Gasteiger partial charge in [-0.2, -0.15) is 0 Å². The molecule has 6 rings (SSSR count). The first-order valence-electron chi connectivity index (χ1n) is 18.7. The highest BCUT2D eigenvalue weighted by atomic mass is 35.5. The molecule has 4 aromatic rings. The van der Waals surface area contributed by atoms with Crippen molar-refractivity contribution in [3.05, 3.63) is 134 Å². The quantitative estimate of drug-likeness (QED) is 0.100. The Hall–Kier alpha value is -3.38. The highest BCUT2D eigenvalue weighted by Crippen LogP contribution is 2.51. The number of allylic oxidation sites excluding steroid dienone is 8. The summed E-state index contributed by atoms with van der Waals surface area (Å²) in [7, 11) is 3.50. The summed E-state index contributed by atoms with van der Waals surface area (Å²) in [6, 6.07) is 23.2. The predicted molar refractivity (Wildman–Crippen MR) is 229 cm³/mol. The number of methoxy groups -OCH3 is 2. The van der Waals surface area contributed by atoms with E-state index in [1.54, 1.807) is 14.2 Å². The van der Waals surface area contributed by atoms with Crippen molar-refractivity contribution in [2.24, 2.45) is 4.99 Å². The number of anilines is 1. The van der Waals surface area contributed by atoms with Gasteiger partial charge in [-0.1, -0.05) is 111 Å². The molecular weight excluding hydrogens is 719 g/mol. The zero-order chi connectivity index (χ0) is 37.8. The zero-order valence-electron chi connectivity index (χ0n) is 31.9. The lowest BCUT2D eigenvalue weighted by Gasteiger charge is -2.28. The van der Waals surface area contributed by atoms with Gasteiger partial charge < -0.3 is 14.4 Å². The van der Waals surface area contributed by atoms with Gasteiger partial charge in [0.1, 0.15) is 0 Å². The SMILES string of the molecule is COCCCN=C(/C=C/C1=C(Cl)C(=C/C=C2/N(CCCOC)c3ccc4cc(Cl)ccc4c3C2(C)C)/CCC1)C(C)(C)c1cccc2cc(Cl)ccc12. The Morgan fingerprint density at radius 3 is 2.28 bits per heavy atom. The average molecular weight is 770 g/mol. The Labute approximate surface area is 330 Å². The third-order valence-electron chi connectivity index (χ3n) is 10.8. The Morgan fingerprint density at radius 1 is 0.849 bits per heavy atom. The first-order valence-corrected chi connectivity index (χ1v) is 19.8. The monoisotopic (exact) mass is 768 g/mol. The first kappa shape index (κ1) is 39.3. The van der Waals surface area contributed by atoms with E-state index in [1.165, 1.54) is 33.3 Å². The number of benzene rings is 4. The first-order chi connectivity index (χ1) is 25.5. The number of nitrogens with zero attached hydrogens (tertiary/aromatic N) is 2. The van der Waals surface area contributed by atoms with Crippen LogP contribution in [0.2, 0.25) is 10.0 Å². The molecule has 7 heteroatoms. The van der Waals surface area contributed by atoms with Crippen molar-refractivity contribution in [1.82, 2.24) is 0 Å². The van der Waals surface area contributed by atoms with E-state index in [4.69, 9.17) is 49.3 Å². The van der Waals surface area contributed by atoms with Gasteiger partial charge in [-0.3, -0.25) is 4.99 Å². The fourth-order valence-corrected chi connectivity index (χ4v) is 8.72. The fourth-order valence-electron chi connectivity index (χ4n) is 8.04. The number of ether oxygens (including phenoxy) is 2. The Kier molecular flexibility index (Phi) is 12.6. The molecule has 0 spiro atoms. The molecule has 0 unspecified atom stereocenters. The average Bonchev–Trinajstić information content (AvgIpc) is 3.35. The number of fused-ring (bicyclic) bond motifs is 4. The molecule has 4 aromatic carbocycles. The second-order valence-corrected chi connectivity index (χ2v) is 16.4. The molecular formula is C46H51Cl3N2O2. The predicted octanol–water partition coefficient (Wildman–Crippen LogP) is 12.9. The van der Waals surface area contributed by atoms with Crippen molar-refractivity contribution in [3.63, 3.8) is 0 Å². The summed E-state index contributed by atoms with van der Waals surface area (Å²) in [5.41, 5.74) is 7.76. The third kappa shape index (κ3) is 8.33. The maximum Gasteiger partial charge on any atom is 0.0479 e. The summed E-state index contributed by atoms with van der Waals surface area (Å²) in [6.07, 6.45) is 13.6. The zero-order valence-corrected chi connectivity index (χ0v) is 34.1. The minimum atomic E-state index is -0.369. The van der Waals surface area contributed by atoms with E-state index in [-0.39, 0.29) is 10.8 Å². The summed E-state index contributed by atoms with van der Waals surface area (Å²) in [5.74, 6) is 0. The van der Waals surface area contributed by atoms with Crippen molar-refractivity contribution in [3.8, 4) is 0 Å². The van der Waals surface area contributed by atoms with Crippen LogP contribution in [0.4, 0.5) is 5.69 Å². The highest BCUT2D eigenvalue weighted by molar-refractivity contribution is 6.33. The second-order valence-electron chi connectivity index (χ2n) is 15.1. The standard InChI is InChI=1S/C46H51Cl3N2O2/c1-45(2,39-14-8-13-33-29-35(47)18-20-37(33)39)41(50-25-9-27-52-5)23-16-31-11-7-12-32(44(31)49)17-24-42-46(3,4)43-38-21-19-36(48)30-34(38)15-22-40(43)51(42)26-10-28-53-6/h8,13-24,29-30H,7,9-12,25-28H2,1-6H3/b23-16+,32-17+,42-24+,50-41?. The van der Waals surface area contributed by atoms with Gasteiger partial charge in [0.2, 0.25) is 0 Å². The number of hydrogen-bond acceptors (Lipinski definition) is 4. The van der Waals surface area contributed by atoms with Crippen molar-refractivity contribution in [2.45, 2.75) is 70.6 Å². The summed E-state index contributed by atoms with van der Waals surface area (Å²) < 4.78 is 10.8. The van der Waals surface area contributed by atoms with Crippen LogP contribution >= 0.6 is 34.8 Å². The van der Waals surface area contributed by atoms with Crippen LogP contribution in [0.25, 0.3) is 21.5 Å². The molecule has 1 heterocycles. The van der Waals surface area contributed by atoms with E-state index in [9.17, 15) is 0 Å². The van der Waals surface area contributed by atoms with E-state index >= 15 is 0 Å². The normalized spacial score (nSPS) is 18.1. The van der Waals surface area contributed by atoms with E-state index in [1.807, 2.05) is 18.2 Å². The van der Waals surface area contributed by atoms with Crippen LogP contribution in [0.15, 0.2) is 118 Å². The second kappa shape index (κ2) is 17.0. The lowest BCUT2D eigenvalue weighted by Crippen LogP contribution is -2.28. The summed E-state index contributed by atoms with van der Waals surface area (Å²) in [4.78, 5) is 7.63. The van der Waals surface area contributed by atoms with Crippen LogP contribution in [0, 0.1) is 0 Å². The lowest BCUT2D eigenvalue weighted by molar-refractivity contribution is 0.196. The van der Waals surface area contributed by atoms with Crippen LogP contribution in [-0.2, 0) is 20.3 Å². The Balaban J connectivity index is 1.36. The van der Waals surface area contributed by atoms with Gasteiger partial charge in [0.15, 0.2) is 0 Å². The van der Waals surface area contributed by atoms with Crippen LogP contribution in [0.3, 0.4) is 0 Å². The molecule has 2 aliphatic rings. The van der Waals surface area contributed by atoms with Crippen molar-refractivity contribution in [2.75, 3.05) is 45.4 Å². The maximum atomic E-state index is 7.30. The van der Waals surface area contributed by atoms with Gasteiger partial charge in [0.25, 0.3) is 0 Å². The molecule has 1 aliphatic heterocycles. The minimum absolute atomic E-state index is 0.229. The summed E-state index contributed by atoms with van der Waals surface area (Å²) in [5, 5.41) is 7.01. The van der Waals surface area contributed by atoms with Crippen LogP contribution in [-0.4, -0.2) is 46.2 Å². The molecule has 1 aliphatic carbocycles. The summed E-state index contributed by atoms with van der Waals surface area (Å²) >= 11 is 20.1. The number of rotatable bonds is 13. The van der Waals surface area contributed by atoms with Gasteiger partial charge in [-0.25, -0.2) is 0 Å². The molecule has 0 atom stereocenters. The largest absolute Gasteiger partial charge is 0.385 e. The fraction of sp³-hybridized carbons (Fsp3) is 0.370. The number of hydrogen-bond donors (Lipinski definition) is 0. The number of halogens is 3. The van der Waals surface area contributed by atoms with E-state index in [2.05, 4.69) is 105 Å². The van der Waals surface area contributed by atoms with Gasteiger partial charge in [-0.05, 0) is 118 Å². The van der Waals surface area contributed by atoms with Crippen LogP contribution in [0.5, 0.6) is 0 Å². The maximum absolute atomic E-state index is 7.30. The molecule has 4 nitrogen and oxygen atoms in total. The minimum Gasteiger partial charge on any atom is -0.385 e. The van der Waals surface area contributed by atoms with Crippen LogP contribution in [0.1, 0.15) is 70.9 Å². The lowest BCUT2D eigenvalue weighted by atomic mass is 9.77. The van der Waals surface area contributed by atoms with Crippen molar-refractivity contribution in [1.29, 1.82) is 0 Å². The molecule has 0 saturated heterocycles. The number of aliphatic imine (C=N–C) groups is 1. The molecule has 278 valence electrons. The van der Waals surface area contributed by atoms with Gasteiger partial charge >= 0.3 is 0 Å². The highest BCUT2D eigenvalue weighted by Gasteiger charge is 2.41. The molecule has 0 fully saturated rings. The Morgan fingerprint density at radius 2 is 1.55 bits per heavy atom. The molecule has 0 saturated carbocycles. The topological polar surface area (TPSA) is 34.1 Å².